The Morgan fingerprint density at radius 2 is 2.12 bits per heavy atom. The van der Waals surface area contributed by atoms with Crippen LogP contribution in [0.4, 0.5) is 5.82 Å². The van der Waals surface area contributed by atoms with E-state index in [4.69, 9.17) is 27.3 Å². The van der Waals surface area contributed by atoms with E-state index in [0.29, 0.717) is 10.8 Å². The van der Waals surface area contributed by atoms with Crippen molar-refractivity contribution < 1.29 is 9.53 Å². The lowest BCUT2D eigenvalue weighted by Gasteiger charge is -2.33. The van der Waals surface area contributed by atoms with E-state index in [0.717, 1.165) is 31.7 Å². The van der Waals surface area contributed by atoms with Crippen molar-refractivity contribution in [3.8, 4) is 11.8 Å². The summed E-state index contributed by atoms with van der Waals surface area (Å²) < 4.78 is 5.93. The molecule has 0 bridgehead atoms. The average molecular weight is 358 g/mol. The van der Waals surface area contributed by atoms with E-state index in [1.165, 1.54) is 6.20 Å². The Labute approximate surface area is 150 Å². The molecule has 2 aromatic heterocycles. The monoisotopic (exact) mass is 357 g/mol. The highest BCUT2D eigenvalue weighted by molar-refractivity contribution is 6.31. The van der Waals surface area contributed by atoms with Gasteiger partial charge >= 0.3 is 0 Å². The molecule has 0 spiro atoms. The molecule has 1 saturated heterocycles. The third-order valence-corrected chi connectivity index (χ3v) is 4.29. The number of nitrogens with zero attached hydrogens (tertiary/aromatic N) is 4. The number of hydrogen-bond donors (Lipinski definition) is 1. The van der Waals surface area contributed by atoms with Crippen LogP contribution in [-0.2, 0) is 0 Å². The number of hydrogen-bond acceptors (Lipinski definition) is 6. The van der Waals surface area contributed by atoms with Gasteiger partial charge < -0.3 is 15.4 Å². The Kier molecular flexibility index (Phi) is 5.00. The topological polar surface area (TPSA) is 105 Å². The number of halogens is 1. The van der Waals surface area contributed by atoms with E-state index in [1.807, 2.05) is 12.1 Å². The molecule has 0 unspecified atom stereocenters. The summed E-state index contributed by atoms with van der Waals surface area (Å²) in [7, 11) is 0. The highest BCUT2D eigenvalue weighted by Crippen LogP contribution is 2.24. The number of nitriles is 1. The van der Waals surface area contributed by atoms with Crippen molar-refractivity contribution in [1.29, 1.82) is 5.26 Å². The highest BCUT2D eigenvalue weighted by atomic mass is 35.5. The van der Waals surface area contributed by atoms with E-state index >= 15 is 0 Å². The zero-order valence-corrected chi connectivity index (χ0v) is 14.1. The number of carbonyl (C=O) groups excluding carboxylic acids is 1. The molecule has 2 N–H and O–H groups in total. The number of nitrogens with two attached hydrogens (primary N) is 1. The molecule has 0 aliphatic carbocycles. The van der Waals surface area contributed by atoms with Gasteiger partial charge in [-0.15, -0.1) is 0 Å². The molecule has 1 aliphatic rings. The Morgan fingerprint density at radius 1 is 1.36 bits per heavy atom. The number of carbonyl (C=O) groups is 1. The smallest absolute Gasteiger partial charge is 0.267 e. The van der Waals surface area contributed by atoms with Crippen molar-refractivity contribution in [3.05, 3.63) is 46.9 Å². The molecule has 3 rings (SSSR count). The second kappa shape index (κ2) is 7.36. The van der Waals surface area contributed by atoms with Gasteiger partial charge in [-0.1, -0.05) is 11.6 Å². The van der Waals surface area contributed by atoms with Gasteiger partial charge in [-0.3, -0.25) is 9.78 Å². The molecular weight excluding hydrogens is 342 g/mol. The summed E-state index contributed by atoms with van der Waals surface area (Å²) >= 11 is 5.92. The standard InChI is InChI=1S/C17H16ClN5O2/c18-13-1-2-16(22-15(13)10-19)23-7-4-11(5-8-23)25-12-3-6-21-14(9-12)17(20)24/h1-3,6,9,11H,4-5,7-8H2,(H2,20,24). The third kappa shape index (κ3) is 3.98. The summed E-state index contributed by atoms with van der Waals surface area (Å²) in [6.45, 7) is 1.50. The zero-order valence-electron chi connectivity index (χ0n) is 13.4. The first-order valence-corrected chi connectivity index (χ1v) is 8.18. The van der Waals surface area contributed by atoms with Crippen molar-refractivity contribution in [1.82, 2.24) is 9.97 Å². The van der Waals surface area contributed by atoms with Crippen LogP contribution in [0.15, 0.2) is 30.5 Å². The van der Waals surface area contributed by atoms with Gasteiger partial charge in [0.05, 0.1) is 5.02 Å². The van der Waals surface area contributed by atoms with Crippen LogP contribution in [-0.4, -0.2) is 35.1 Å². The van der Waals surface area contributed by atoms with Crippen molar-refractivity contribution in [3.63, 3.8) is 0 Å². The molecule has 0 radical (unpaired) electrons. The molecule has 128 valence electrons. The van der Waals surface area contributed by atoms with Gasteiger partial charge in [0, 0.05) is 38.2 Å². The van der Waals surface area contributed by atoms with Crippen molar-refractivity contribution in [2.75, 3.05) is 18.0 Å². The van der Waals surface area contributed by atoms with E-state index < -0.39 is 5.91 Å². The largest absolute Gasteiger partial charge is 0.490 e. The van der Waals surface area contributed by atoms with Crippen LogP contribution < -0.4 is 15.4 Å². The van der Waals surface area contributed by atoms with Crippen molar-refractivity contribution in [2.45, 2.75) is 18.9 Å². The van der Waals surface area contributed by atoms with Crippen LogP contribution in [0, 0.1) is 11.3 Å². The van der Waals surface area contributed by atoms with E-state index in [-0.39, 0.29) is 17.5 Å². The molecule has 0 saturated carbocycles. The number of rotatable bonds is 4. The van der Waals surface area contributed by atoms with Gasteiger partial charge in [0.2, 0.25) is 0 Å². The molecule has 2 aromatic rings. The number of piperidine rings is 1. The second-order valence-corrected chi connectivity index (χ2v) is 6.06. The molecule has 0 atom stereocenters. The number of anilines is 1. The first-order valence-electron chi connectivity index (χ1n) is 7.81. The van der Waals surface area contributed by atoms with Gasteiger partial charge in [-0.25, -0.2) is 4.98 Å². The molecule has 1 aliphatic heterocycles. The van der Waals surface area contributed by atoms with Gasteiger partial charge in [-0.2, -0.15) is 5.26 Å². The Morgan fingerprint density at radius 3 is 2.80 bits per heavy atom. The molecule has 1 fully saturated rings. The van der Waals surface area contributed by atoms with Gasteiger partial charge in [0.15, 0.2) is 5.69 Å². The molecule has 7 nitrogen and oxygen atoms in total. The summed E-state index contributed by atoms with van der Waals surface area (Å²) in [5.41, 5.74) is 5.64. The summed E-state index contributed by atoms with van der Waals surface area (Å²) in [5.74, 6) is 0.736. The maximum Gasteiger partial charge on any atom is 0.267 e. The summed E-state index contributed by atoms with van der Waals surface area (Å²) in [6.07, 6.45) is 3.12. The fourth-order valence-corrected chi connectivity index (χ4v) is 2.85. The molecule has 8 heteroatoms. The molecule has 3 heterocycles. The van der Waals surface area contributed by atoms with Crippen LogP contribution in [0.1, 0.15) is 29.0 Å². The Bertz CT molecular complexity index is 828. The minimum atomic E-state index is -0.581. The first kappa shape index (κ1) is 17.0. The lowest BCUT2D eigenvalue weighted by atomic mass is 10.1. The number of aromatic nitrogens is 2. The quantitative estimate of drug-likeness (QED) is 0.898. The molecule has 0 aromatic carbocycles. The molecule has 25 heavy (non-hydrogen) atoms. The second-order valence-electron chi connectivity index (χ2n) is 5.66. The van der Waals surface area contributed by atoms with E-state index in [9.17, 15) is 4.79 Å². The highest BCUT2D eigenvalue weighted by Gasteiger charge is 2.22. The van der Waals surface area contributed by atoms with Crippen molar-refractivity contribution >= 4 is 23.3 Å². The number of amides is 1. The Balaban J connectivity index is 1.61. The predicted molar refractivity (Wildman–Crippen MR) is 92.6 cm³/mol. The van der Waals surface area contributed by atoms with Crippen LogP contribution in [0.3, 0.4) is 0 Å². The third-order valence-electron chi connectivity index (χ3n) is 3.99. The lowest BCUT2D eigenvalue weighted by molar-refractivity contribution is 0.0994. The van der Waals surface area contributed by atoms with E-state index in [1.54, 1.807) is 18.2 Å². The number of pyridine rings is 2. The zero-order chi connectivity index (χ0) is 17.8. The fourth-order valence-electron chi connectivity index (χ4n) is 2.70. The first-order chi connectivity index (χ1) is 12.1. The maximum atomic E-state index is 11.2. The normalized spacial score (nSPS) is 14.8. The van der Waals surface area contributed by atoms with Crippen LogP contribution >= 0.6 is 11.6 Å². The van der Waals surface area contributed by atoms with E-state index in [2.05, 4.69) is 14.9 Å². The van der Waals surface area contributed by atoms with Gasteiger partial charge in [0.25, 0.3) is 5.91 Å². The number of ether oxygens (including phenoxy) is 1. The predicted octanol–water partition coefficient (Wildman–Crippen LogP) is 2.15. The summed E-state index contributed by atoms with van der Waals surface area (Å²) in [6, 6.07) is 8.75. The minimum Gasteiger partial charge on any atom is -0.490 e. The van der Waals surface area contributed by atoms with Crippen LogP contribution in [0.2, 0.25) is 5.02 Å². The summed E-state index contributed by atoms with van der Waals surface area (Å²) in [5, 5.41) is 9.39. The molecular formula is C17H16ClN5O2. The Hall–Kier alpha value is -2.85. The van der Waals surface area contributed by atoms with Crippen molar-refractivity contribution in [2.24, 2.45) is 5.73 Å². The SMILES string of the molecule is N#Cc1nc(N2CCC(Oc3ccnc(C(N)=O)c3)CC2)ccc1Cl. The van der Waals surface area contributed by atoms with Gasteiger partial charge in [0.1, 0.15) is 29.4 Å². The minimum absolute atomic E-state index is 0.0297. The lowest BCUT2D eigenvalue weighted by Crippen LogP contribution is -2.38. The summed E-state index contributed by atoms with van der Waals surface area (Å²) in [4.78, 5) is 21.5. The fraction of sp³-hybridized carbons (Fsp3) is 0.294. The number of primary amides is 1. The molecule has 1 amide bonds. The maximum absolute atomic E-state index is 11.2. The van der Waals surface area contributed by atoms with Crippen LogP contribution in [0.5, 0.6) is 5.75 Å². The average Bonchev–Trinajstić information content (AvgIpc) is 2.63. The van der Waals surface area contributed by atoms with Crippen LogP contribution in [0.25, 0.3) is 0 Å². The van der Waals surface area contributed by atoms with Gasteiger partial charge in [-0.05, 0) is 18.2 Å².